The van der Waals surface area contributed by atoms with Crippen LogP contribution in [-0.2, 0) is 19.6 Å². The highest BCUT2D eigenvalue weighted by molar-refractivity contribution is 7.93. The zero-order valence-electron chi connectivity index (χ0n) is 9.56. The van der Waals surface area contributed by atoms with Crippen molar-refractivity contribution in [3.63, 3.8) is 0 Å². The third kappa shape index (κ3) is 3.95. The summed E-state index contributed by atoms with van der Waals surface area (Å²) in [5.74, 6) is -1.53. The zero-order chi connectivity index (χ0) is 13.1. The quantitative estimate of drug-likeness (QED) is 0.605. The molecule has 0 aromatic heterocycles. The van der Waals surface area contributed by atoms with Crippen molar-refractivity contribution in [2.45, 2.75) is 6.92 Å². The molecule has 0 bridgehead atoms. The first kappa shape index (κ1) is 13.3. The summed E-state index contributed by atoms with van der Waals surface area (Å²) in [4.78, 5) is 10.9. The lowest BCUT2D eigenvalue weighted by molar-refractivity contribution is -0.137. The minimum absolute atomic E-state index is 0.392. The summed E-state index contributed by atoms with van der Waals surface area (Å²) in [6.07, 6.45) is 0. The number of nitrogens with one attached hydrogen (secondary N) is 1. The number of aryl methyl sites for hydroxylation is 1. The van der Waals surface area contributed by atoms with Gasteiger partial charge in [-0.25, -0.2) is 8.42 Å². The SMILES string of the molecule is COC(=O)CS(=O)(=O)Nc1ccc(N)cc1C. The molecule has 0 unspecified atom stereocenters. The minimum atomic E-state index is -3.75. The fourth-order valence-corrected chi connectivity index (χ4v) is 2.28. The summed E-state index contributed by atoms with van der Waals surface area (Å²) >= 11 is 0. The highest BCUT2D eigenvalue weighted by atomic mass is 32.2. The Labute approximate surface area is 99.8 Å². The average Bonchev–Trinajstić information content (AvgIpc) is 2.21. The monoisotopic (exact) mass is 258 g/mol. The molecule has 0 aliphatic rings. The number of esters is 1. The Balaban J connectivity index is 2.87. The maximum atomic E-state index is 11.6. The molecule has 0 radical (unpaired) electrons. The summed E-state index contributed by atoms with van der Waals surface area (Å²) in [7, 11) is -2.62. The summed E-state index contributed by atoms with van der Waals surface area (Å²) in [6.45, 7) is 1.71. The van der Waals surface area contributed by atoms with Crippen LogP contribution in [0.2, 0.25) is 0 Å². The maximum Gasteiger partial charge on any atom is 0.322 e. The number of nitrogen functional groups attached to an aromatic ring is 1. The molecule has 0 fully saturated rings. The number of carbonyl (C=O) groups is 1. The molecular formula is C10H14N2O4S. The van der Waals surface area contributed by atoms with E-state index in [2.05, 4.69) is 9.46 Å². The number of nitrogens with two attached hydrogens (primary N) is 1. The van der Waals surface area contributed by atoms with E-state index in [9.17, 15) is 13.2 Å². The first-order valence-corrected chi connectivity index (χ1v) is 6.43. The molecule has 0 spiro atoms. The molecule has 0 amide bonds. The molecule has 17 heavy (non-hydrogen) atoms. The summed E-state index contributed by atoms with van der Waals surface area (Å²) in [5.41, 5.74) is 7.15. The van der Waals surface area contributed by atoms with Crippen molar-refractivity contribution in [2.24, 2.45) is 0 Å². The third-order valence-electron chi connectivity index (χ3n) is 2.05. The lowest BCUT2D eigenvalue weighted by atomic mass is 10.2. The van der Waals surface area contributed by atoms with Gasteiger partial charge in [-0.3, -0.25) is 9.52 Å². The van der Waals surface area contributed by atoms with E-state index < -0.39 is 21.7 Å². The van der Waals surface area contributed by atoms with Crippen molar-refractivity contribution >= 4 is 27.4 Å². The van der Waals surface area contributed by atoms with Crippen molar-refractivity contribution in [3.05, 3.63) is 23.8 Å². The Morgan fingerprint density at radius 2 is 2.12 bits per heavy atom. The number of sulfonamides is 1. The molecule has 6 nitrogen and oxygen atoms in total. The van der Waals surface area contributed by atoms with Crippen molar-refractivity contribution in [3.8, 4) is 0 Å². The Hall–Kier alpha value is -1.76. The van der Waals surface area contributed by atoms with Gasteiger partial charge < -0.3 is 10.5 Å². The highest BCUT2D eigenvalue weighted by Gasteiger charge is 2.17. The number of methoxy groups -OCH3 is 1. The van der Waals surface area contributed by atoms with Gasteiger partial charge in [0.05, 0.1) is 12.8 Å². The molecule has 1 aromatic carbocycles. The van der Waals surface area contributed by atoms with Crippen LogP contribution in [0.1, 0.15) is 5.56 Å². The van der Waals surface area contributed by atoms with E-state index in [1.54, 1.807) is 25.1 Å². The van der Waals surface area contributed by atoms with Gasteiger partial charge in [0.15, 0.2) is 5.75 Å². The fraction of sp³-hybridized carbons (Fsp3) is 0.300. The molecule has 0 aliphatic heterocycles. The number of benzene rings is 1. The molecule has 0 heterocycles. The standard InChI is InChI=1S/C10H14N2O4S/c1-7-5-8(11)3-4-9(7)12-17(14,15)6-10(13)16-2/h3-5,12H,6,11H2,1-2H3. The van der Waals surface area contributed by atoms with Gasteiger partial charge in [0, 0.05) is 5.69 Å². The highest BCUT2D eigenvalue weighted by Crippen LogP contribution is 2.18. The van der Waals surface area contributed by atoms with Crippen LogP contribution in [0.3, 0.4) is 0 Å². The van der Waals surface area contributed by atoms with E-state index in [-0.39, 0.29) is 0 Å². The molecule has 7 heteroatoms. The number of anilines is 2. The molecule has 0 saturated heterocycles. The number of rotatable bonds is 4. The second-order valence-electron chi connectivity index (χ2n) is 3.51. The van der Waals surface area contributed by atoms with E-state index in [1.807, 2.05) is 0 Å². The second-order valence-corrected chi connectivity index (χ2v) is 5.23. The van der Waals surface area contributed by atoms with E-state index in [1.165, 1.54) is 0 Å². The molecule has 0 aliphatic carbocycles. The van der Waals surface area contributed by atoms with E-state index in [0.29, 0.717) is 16.9 Å². The molecule has 0 saturated carbocycles. The number of ether oxygens (including phenoxy) is 1. The van der Waals surface area contributed by atoms with Crippen LogP contribution in [0.4, 0.5) is 11.4 Å². The first-order valence-electron chi connectivity index (χ1n) is 4.77. The summed E-state index contributed by atoms with van der Waals surface area (Å²) in [6, 6.07) is 4.75. The van der Waals surface area contributed by atoms with E-state index in [4.69, 9.17) is 5.73 Å². The molecule has 1 aromatic rings. The van der Waals surface area contributed by atoms with Gasteiger partial charge in [0.1, 0.15) is 0 Å². The second kappa shape index (κ2) is 5.05. The van der Waals surface area contributed by atoms with Gasteiger partial charge in [0.25, 0.3) is 0 Å². The van der Waals surface area contributed by atoms with E-state index in [0.717, 1.165) is 7.11 Å². The number of hydrogen-bond donors (Lipinski definition) is 2. The topological polar surface area (TPSA) is 98.5 Å². The van der Waals surface area contributed by atoms with Crippen LogP contribution >= 0.6 is 0 Å². The van der Waals surface area contributed by atoms with Gasteiger partial charge in [0.2, 0.25) is 10.0 Å². The van der Waals surface area contributed by atoms with Crippen LogP contribution in [0, 0.1) is 6.92 Å². The molecular weight excluding hydrogens is 244 g/mol. The third-order valence-corrected chi connectivity index (χ3v) is 3.20. The smallest absolute Gasteiger partial charge is 0.322 e. The predicted molar refractivity (Wildman–Crippen MR) is 65.0 cm³/mol. The fourth-order valence-electron chi connectivity index (χ4n) is 1.22. The normalized spacial score (nSPS) is 10.9. The van der Waals surface area contributed by atoms with Gasteiger partial charge in [-0.15, -0.1) is 0 Å². The van der Waals surface area contributed by atoms with Gasteiger partial charge in [-0.05, 0) is 30.7 Å². The largest absolute Gasteiger partial charge is 0.468 e. The van der Waals surface area contributed by atoms with Gasteiger partial charge in [-0.2, -0.15) is 0 Å². The lowest BCUT2D eigenvalue weighted by Gasteiger charge is -2.10. The number of carbonyl (C=O) groups excluding carboxylic acids is 1. The Morgan fingerprint density at radius 1 is 1.47 bits per heavy atom. The van der Waals surface area contributed by atoms with Crippen molar-refractivity contribution in [2.75, 3.05) is 23.3 Å². The van der Waals surface area contributed by atoms with Gasteiger partial charge >= 0.3 is 5.97 Å². The Kier molecular flexibility index (Phi) is 3.95. The maximum absolute atomic E-state index is 11.6. The average molecular weight is 258 g/mol. The van der Waals surface area contributed by atoms with Crippen LogP contribution in [-0.4, -0.2) is 27.2 Å². The Morgan fingerprint density at radius 3 is 2.65 bits per heavy atom. The van der Waals surface area contributed by atoms with Crippen molar-refractivity contribution in [1.82, 2.24) is 0 Å². The van der Waals surface area contributed by atoms with E-state index >= 15 is 0 Å². The first-order chi connectivity index (χ1) is 7.84. The Bertz CT molecular complexity index is 525. The predicted octanol–water partition coefficient (Wildman–Crippen LogP) is 0.492. The van der Waals surface area contributed by atoms with Crippen LogP contribution in [0.5, 0.6) is 0 Å². The van der Waals surface area contributed by atoms with Gasteiger partial charge in [-0.1, -0.05) is 0 Å². The molecule has 1 rings (SSSR count). The zero-order valence-corrected chi connectivity index (χ0v) is 10.4. The molecule has 94 valence electrons. The summed E-state index contributed by atoms with van der Waals surface area (Å²) in [5, 5.41) is 0. The molecule has 3 N–H and O–H groups in total. The van der Waals surface area contributed by atoms with Crippen LogP contribution in [0.15, 0.2) is 18.2 Å². The number of hydrogen-bond acceptors (Lipinski definition) is 5. The van der Waals surface area contributed by atoms with Crippen molar-refractivity contribution < 1.29 is 17.9 Å². The van der Waals surface area contributed by atoms with Crippen LogP contribution < -0.4 is 10.5 Å². The minimum Gasteiger partial charge on any atom is -0.468 e. The summed E-state index contributed by atoms with van der Waals surface area (Å²) < 4.78 is 29.7. The van der Waals surface area contributed by atoms with Crippen molar-refractivity contribution in [1.29, 1.82) is 0 Å². The van der Waals surface area contributed by atoms with Crippen LogP contribution in [0.25, 0.3) is 0 Å². The lowest BCUT2D eigenvalue weighted by Crippen LogP contribution is -2.24. The molecule has 0 atom stereocenters.